The van der Waals surface area contributed by atoms with Crippen molar-refractivity contribution in [2.75, 3.05) is 31.7 Å². The summed E-state index contributed by atoms with van der Waals surface area (Å²) in [6.07, 6.45) is 3.07. The van der Waals surface area contributed by atoms with Crippen molar-refractivity contribution in [1.29, 1.82) is 0 Å². The summed E-state index contributed by atoms with van der Waals surface area (Å²) in [5, 5.41) is 3.38. The van der Waals surface area contributed by atoms with Gasteiger partial charge in [0.2, 0.25) is 5.95 Å². The van der Waals surface area contributed by atoms with Crippen molar-refractivity contribution in [3.63, 3.8) is 0 Å². The Labute approximate surface area is 122 Å². The standard InChI is InChI=1S/C15H28N4O/c1-6-7-16-10-14-11-17-15(18-13(14)4)19(12(2)3)8-9-20-5/h11-12,16H,6-10H2,1-5H3. The molecule has 0 aliphatic rings. The summed E-state index contributed by atoms with van der Waals surface area (Å²) in [6, 6.07) is 0.355. The summed E-state index contributed by atoms with van der Waals surface area (Å²) >= 11 is 0. The summed E-state index contributed by atoms with van der Waals surface area (Å²) in [7, 11) is 1.72. The van der Waals surface area contributed by atoms with Crippen LogP contribution < -0.4 is 10.2 Å². The van der Waals surface area contributed by atoms with Crippen molar-refractivity contribution in [3.8, 4) is 0 Å². The zero-order valence-electron chi connectivity index (χ0n) is 13.4. The largest absolute Gasteiger partial charge is 0.383 e. The van der Waals surface area contributed by atoms with Crippen LogP contribution in [0, 0.1) is 6.92 Å². The van der Waals surface area contributed by atoms with Crippen molar-refractivity contribution in [2.45, 2.75) is 46.7 Å². The Bertz CT molecular complexity index is 395. The zero-order valence-corrected chi connectivity index (χ0v) is 13.4. The third-order valence-electron chi connectivity index (χ3n) is 3.23. The van der Waals surface area contributed by atoms with Crippen LogP contribution in [-0.4, -0.2) is 42.8 Å². The maximum absolute atomic E-state index is 5.16. The Kier molecular flexibility index (Phi) is 7.47. The molecule has 0 bridgehead atoms. The van der Waals surface area contributed by atoms with E-state index in [-0.39, 0.29) is 0 Å². The average Bonchev–Trinajstić information content (AvgIpc) is 2.41. The highest BCUT2D eigenvalue weighted by molar-refractivity contribution is 5.34. The van der Waals surface area contributed by atoms with E-state index >= 15 is 0 Å². The number of aryl methyl sites for hydroxylation is 1. The molecule has 5 heteroatoms. The van der Waals surface area contributed by atoms with Gasteiger partial charge >= 0.3 is 0 Å². The molecule has 1 rings (SSSR count). The van der Waals surface area contributed by atoms with Crippen molar-refractivity contribution in [1.82, 2.24) is 15.3 Å². The van der Waals surface area contributed by atoms with Crippen LogP contribution in [0.2, 0.25) is 0 Å². The molecule has 114 valence electrons. The Morgan fingerprint density at radius 3 is 2.70 bits per heavy atom. The molecule has 0 saturated heterocycles. The highest BCUT2D eigenvalue weighted by atomic mass is 16.5. The van der Waals surface area contributed by atoms with Gasteiger partial charge in [-0.05, 0) is 33.7 Å². The van der Waals surface area contributed by atoms with Crippen LogP contribution in [0.5, 0.6) is 0 Å². The number of anilines is 1. The lowest BCUT2D eigenvalue weighted by Crippen LogP contribution is -2.35. The molecule has 1 aromatic heterocycles. The predicted molar refractivity (Wildman–Crippen MR) is 83.1 cm³/mol. The highest BCUT2D eigenvalue weighted by Gasteiger charge is 2.14. The molecular weight excluding hydrogens is 252 g/mol. The molecule has 0 aliphatic carbocycles. The van der Waals surface area contributed by atoms with Gasteiger partial charge < -0.3 is 15.0 Å². The van der Waals surface area contributed by atoms with Crippen LogP contribution in [0.1, 0.15) is 38.4 Å². The fraction of sp³-hybridized carbons (Fsp3) is 0.733. The number of rotatable bonds is 9. The van der Waals surface area contributed by atoms with Crippen LogP contribution in [0.3, 0.4) is 0 Å². The summed E-state index contributed by atoms with van der Waals surface area (Å²) in [5.74, 6) is 0.786. The summed E-state index contributed by atoms with van der Waals surface area (Å²) in [4.78, 5) is 11.3. The lowest BCUT2D eigenvalue weighted by atomic mass is 10.2. The number of nitrogens with one attached hydrogen (secondary N) is 1. The second kappa shape index (κ2) is 8.87. The van der Waals surface area contributed by atoms with Crippen LogP contribution in [0.4, 0.5) is 5.95 Å². The minimum absolute atomic E-state index is 0.355. The molecule has 1 N–H and O–H groups in total. The van der Waals surface area contributed by atoms with Gasteiger partial charge in [-0.2, -0.15) is 0 Å². The first-order valence-corrected chi connectivity index (χ1v) is 7.39. The summed E-state index contributed by atoms with van der Waals surface area (Å²) < 4.78 is 5.16. The van der Waals surface area contributed by atoms with Gasteiger partial charge in [0.05, 0.1) is 6.61 Å². The lowest BCUT2D eigenvalue weighted by molar-refractivity contribution is 0.203. The minimum atomic E-state index is 0.355. The van der Waals surface area contributed by atoms with Crippen molar-refractivity contribution in [3.05, 3.63) is 17.5 Å². The first-order chi connectivity index (χ1) is 9.60. The van der Waals surface area contributed by atoms with E-state index in [4.69, 9.17) is 4.74 Å². The molecule has 0 amide bonds. The number of hydrogen-bond acceptors (Lipinski definition) is 5. The zero-order chi connectivity index (χ0) is 15.0. The quantitative estimate of drug-likeness (QED) is 0.702. The molecule has 1 heterocycles. The number of aromatic nitrogens is 2. The molecular formula is C15H28N4O. The van der Waals surface area contributed by atoms with Gasteiger partial charge in [0.25, 0.3) is 0 Å². The first-order valence-electron chi connectivity index (χ1n) is 7.39. The number of methoxy groups -OCH3 is 1. The molecule has 0 fully saturated rings. The molecule has 0 aliphatic heterocycles. The van der Waals surface area contributed by atoms with Gasteiger partial charge in [-0.3, -0.25) is 0 Å². The van der Waals surface area contributed by atoms with Gasteiger partial charge in [-0.25, -0.2) is 9.97 Å². The van der Waals surface area contributed by atoms with Gasteiger partial charge in [0.15, 0.2) is 0 Å². The highest BCUT2D eigenvalue weighted by Crippen LogP contribution is 2.13. The van der Waals surface area contributed by atoms with Gasteiger partial charge in [0.1, 0.15) is 0 Å². The molecule has 0 saturated carbocycles. The Hall–Kier alpha value is -1.20. The van der Waals surface area contributed by atoms with Crippen LogP contribution >= 0.6 is 0 Å². The van der Waals surface area contributed by atoms with E-state index in [0.29, 0.717) is 12.6 Å². The van der Waals surface area contributed by atoms with E-state index in [1.807, 2.05) is 13.1 Å². The molecule has 0 aromatic carbocycles. The molecule has 0 radical (unpaired) electrons. The third kappa shape index (κ3) is 5.06. The number of hydrogen-bond donors (Lipinski definition) is 1. The van der Waals surface area contributed by atoms with Crippen molar-refractivity contribution in [2.24, 2.45) is 0 Å². The van der Waals surface area contributed by atoms with E-state index in [1.54, 1.807) is 7.11 Å². The van der Waals surface area contributed by atoms with E-state index < -0.39 is 0 Å². The number of nitrogens with zero attached hydrogens (tertiary/aromatic N) is 3. The second-order valence-corrected chi connectivity index (χ2v) is 5.24. The molecule has 0 unspecified atom stereocenters. The average molecular weight is 280 g/mol. The SMILES string of the molecule is CCCNCc1cnc(N(CCOC)C(C)C)nc1C. The molecule has 1 aromatic rings. The van der Waals surface area contributed by atoms with Gasteiger partial charge in [-0.15, -0.1) is 0 Å². The summed E-state index contributed by atoms with van der Waals surface area (Å²) in [5.41, 5.74) is 2.21. The Morgan fingerprint density at radius 2 is 2.15 bits per heavy atom. The van der Waals surface area contributed by atoms with Crippen LogP contribution in [-0.2, 0) is 11.3 Å². The minimum Gasteiger partial charge on any atom is -0.383 e. The van der Waals surface area contributed by atoms with Crippen molar-refractivity contribution >= 4 is 5.95 Å². The first kappa shape index (κ1) is 16.9. The van der Waals surface area contributed by atoms with E-state index in [1.165, 1.54) is 0 Å². The molecule has 0 atom stereocenters. The monoisotopic (exact) mass is 280 g/mol. The Balaban J connectivity index is 2.77. The predicted octanol–water partition coefficient (Wildman–Crippen LogP) is 2.15. The van der Waals surface area contributed by atoms with Crippen LogP contribution in [0.15, 0.2) is 6.20 Å². The molecule has 0 spiro atoms. The fourth-order valence-electron chi connectivity index (χ4n) is 1.97. The molecule has 5 nitrogen and oxygen atoms in total. The maximum atomic E-state index is 5.16. The van der Waals surface area contributed by atoms with E-state index in [0.717, 1.165) is 43.3 Å². The van der Waals surface area contributed by atoms with Crippen molar-refractivity contribution < 1.29 is 4.74 Å². The second-order valence-electron chi connectivity index (χ2n) is 5.24. The topological polar surface area (TPSA) is 50.3 Å². The lowest BCUT2D eigenvalue weighted by Gasteiger charge is -2.26. The molecule has 20 heavy (non-hydrogen) atoms. The summed E-state index contributed by atoms with van der Waals surface area (Å²) in [6.45, 7) is 11.8. The van der Waals surface area contributed by atoms with Gasteiger partial charge in [0, 0.05) is 43.7 Å². The van der Waals surface area contributed by atoms with Crippen LogP contribution in [0.25, 0.3) is 0 Å². The smallest absolute Gasteiger partial charge is 0.225 e. The Morgan fingerprint density at radius 1 is 1.40 bits per heavy atom. The third-order valence-corrected chi connectivity index (χ3v) is 3.23. The number of ether oxygens (including phenoxy) is 1. The van der Waals surface area contributed by atoms with E-state index in [9.17, 15) is 0 Å². The fourth-order valence-corrected chi connectivity index (χ4v) is 1.97. The maximum Gasteiger partial charge on any atom is 0.225 e. The van der Waals surface area contributed by atoms with Gasteiger partial charge in [-0.1, -0.05) is 6.92 Å². The normalized spacial score (nSPS) is 11.1. The van der Waals surface area contributed by atoms with E-state index in [2.05, 4.69) is 41.0 Å².